The Bertz CT molecular complexity index is 906. The van der Waals surface area contributed by atoms with E-state index in [2.05, 4.69) is 26.6 Å². The molecule has 2 amide bonds. The van der Waals surface area contributed by atoms with Gasteiger partial charge in [0.15, 0.2) is 0 Å². The lowest BCUT2D eigenvalue weighted by Gasteiger charge is -2.11. The van der Waals surface area contributed by atoms with Crippen molar-refractivity contribution < 1.29 is 9.59 Å². The van der Waals surface area contributed by atoms with Gasteiger partial charge in [0.05, 0.1) is 0 Å². The molecule has 111 valence electrons. The molecular formula is C16H13BrN3O2. The lowest BCUT2D eigenvalue weighted by molar-refractivity contribution is -0.114. The summed E-state index contributed by atoms with van der Waals surface area (Å²) >= 11 is 3.44. The maximum atomic E-state index is 12.4. The fourth-order valence-corrected chi connectivity index (χ4v) is 2.83. The third-order valence-corrected chi connectivity index (χ3v) is 3.94. The van der Waals surface area contributed by atoms with E-state index in [-0.39, 0.29) is 11.8 Å². The summed E-state index contributed by atoms with van der Waals surface area (Å²) in [6.45, 7) is 0.773. The molecule has 0 aromatic heterocycles. The maximum Gasteiger partial charge on any atom is 0.270 e. The fourth-order valence-electron chi connectivity index (χ4n) is 2.47. The first-order valence-electron chi connectivity index (χ1n) is 6.77. The van der Waals surface area contributed by atoms with Crippen molar-refractivity contribution in [1.29, 1.82) is 0 Å². The molecule has 22 heavy (non-hydrogen) atoms. The van der Waals surface area contributed by atoms with Gasteiger partial charge in [0.25, 0.3) is 11.8 Å². The van der Waals surface area contributed by atoms with Crippen molar-refractivity contribution in [3.63, 3.8) is 0 Å². The maximum absolute atomic E-state index is 12.4. The van der Waals surface area contributed by atoms with E-state index in [4.69, 9.17) is 5.73 Å². The predicted molar refractivity (Wildman–Crippen MR) is 88.4 cm³/mol. The van der Waals surface area contributed by atoms with Crippen LogP contribution in [0.5, 0.6) is 0 Å². The van der Waals surface area contributed by atoms with Gasteiger partial charge >= 0.3 is 0 Å². The molecule has 0 spiro atoms. The zero-order chi connectivity index (χ0) is 15.7. The monoisotopic (exact) mass is 358 g/mol. The molecule has 6 heteroatoms. The van der Waals surface area contributed by atoms with Gasteiger partial charge in [-0.3, -0.25) is 9.59 Å². The number of nitrogens with zero attached hydrogens (tertiary/aromatic N) is 1. The normalized spacial score (nSPS) is 12.9. The molecule has 0 aliphatic carbocycles. The van der Waals surface area contributed by atoms with Crippen LogP contribution >= 0.6 is 15.9 Å². The van der Waals surface area contributed by atoms with Crippen LogP contribution in [0.4, 0.5) is 0 Å². The van der Waals surface area contributed by atoms with Crippen LogP contribution in [0.15, 0.2) is 28.7 Å². The minimum atomic E-state index is -0.324. The number of hydrogen-bond donors (Lipinski definition) is 2. The van der Waals surface area contributed by atoms with E-state index in [0.29, 0.717) is 23.9 Å². The molecule has 3 rings (SSSR count). The highest BCUT2D eigenvalue weighted by Crippen LogP contribution is 2.19. The summed E-state index contributed by atoms with van der Waals surface area (Å²) < 4.78 is 0.895. The number of carbonyl (C=O) groups is 2. The summed E-state index contributed by atoms with van der Waals surface area (Å²) in [5.74, 6) is -0.529. The van der Waals surface area contributed by atoms with Crippen molar-refractivity contribution >= 4 is 50.8 Å². The summed E-state index contributed by atoms with van der Waals surface area (Å²) in [5.41, 5.74) is 5.95. The Hall–Kier alpha value is -2.18. The number of carbonyl (C=O) groups excluding carboxylic acids is 2. The molecule has 0 atom stereocenters. The Morgan fingerprint density at radius 3 is 2.86 bits per heavy atom. The van der Waals surface area contributed by atoms with Crippen molar-refractivity contribution in [2.24, 2.45) is 5.73 Å². The number of benzene rings is 2. The van der Waals surface area contributed by atoms with Crippen LogP contribution < -0.4 is 26.8 Å². The molecule has 0 saturated carbocycles. The summed E-state index contributed by atoms with van der Waals surface area (Å²) in [6, 6.07) is 7.40. The molecule has 1 radical (unpaired) electrons. The van der Waals surface area contributed by atoms with Gasteiger partial charge < -0.3 is 11.1 Å². The average molecular weight is 359 g/mol. The van der Waals surface area contributed by atoms with Crippen molar-refractivity contribution in [2.45, 2.75) is 0 Å². The number of amides is 2. The quantitative estimate of drug-likeness (QED) is 0.806. The van der Waals surface area contributed by atoms with Gasteiger partial charge in [-0.25, -0.2) is 5.32 Å². The predicted octanol–water partition coefficient (Wildman–Crippen LogP) is -0.0461. The topological polar surface area (TPSA) is 86.3 Å². The number of hydrogen-bond acceptors (Lipinski definition) is 3. The third kappa shape index (κ3) is 2.63. The summed E-state index contributed by atoms with van der Waals surface area (Å²) in [7, 11) is 0. The Kier molecular flexibility index (Phi) is 3.96. The average Bonchev–Trinajstić information content (AvgIpc) is 2.51. The Balaban J connectivity index is 2.32. The summed E-state index contributed by atoms with van der Waals surface area (Å²) in [4.78, 5) is 23.9. The molecule has 1 aliphatic heterocycles. The molecule has 3 N–H and O–H groups in total. The number of halogens is 1. The first kappa shape index (κ1) is 14.7. The summed E-state index contributed by atoms with van der Waals surface area (Å²) in [5, 5.41) is 9.81. The molecule has 0 bridgehead atoms. The fraction of sp³-hybridized carbons (Fsp3) is 0.125. The smallest absolute Gasteiger partial charge is 0.270 e. The van der Waals surface area contributed by atoms with E-state index in [9.17, 15) is 9.59 Å². The molecule has 2 aromatic rings. The SMILES string of the molecule is NCCNC(=O)c1cc2c(c3cc(Br)ccc13)=C[N]C(=O)C=2. The Morgan fingerprint density at radius 2 is 2.09 bits per heavy atom. The van der Waals surface area contributed by atoms with E-state index >= 15 is 0 Å². The van der Waals surface area contributed by atoms with Gasteiger partial charge in [0.1, 0.15) is 0 Å². The molecule has 1 aliphatic rings. The zero-order valence-corrected chi connectivity index (χ0v) is 13.2. The highest BCUT2D eigenvalue weighted by molar-refractivity contribution is 9.10. The van der Waals surface area contributed by atoms with Crippen LogP contribution in [-0.2, 0) is 4.79 Å². The molecule has 5 nitrogen and oxygen atoms in total. The number of fused-ring (bicyclic) bond motifs is 3. The van der Waals surface area contributed by atoms with E-state index < -0.39 is 0 Å². The van der Waals surface area contributed by atoms with Gasteiger partial charge in [0, 0.05) is 40.6 Å². The zero-order valence-electron chi connectivity index (χ0n) is 11.6. The Labute approximate surface area is 135 Å². The van der Waals surface area contributed by atoms with E-state index in [1.807, 2.05) is 18.2 Å². The van der Waals surface area contributed by atoms with Gasteiger partial charge in [-0.05, 0) is 34.2 Å². The van der Waals surface area contributed by atoms with E-state index in [0.717, 1.165) is 20.5 Å². The number of rotatable bonds is 3. The van der Waals surface area contributed by atoms with Gasteiger partial charge in [-0.2, -0.15) is 0 Å². The van der Waals surface area contributed by atoms with Crippen molar-refractivity contribution in [2.75, 3.05) is 13.1 Å². The Morgan fingerprint density at radius 1 is 1.27 bits per heavy atom. The number of nitrogens with one attached hydrogen (secondary N) is 1. The first-order valence-corrected chi connectivity index (χ1v) is 7.57. The minimum absolute atomic E-state index is 0.205. The lowest BCUT2D eigenvalue weighted by atomic mass is 9.99. The summed E-state index contributed by atoms with van der Waals surface area (Å²) in [6.07, 6.45) is 2.99. The number of nitrogens with two attached hydrogens (primary N) is 1. The largest absolute Gasteiger partial charge is 0.351 e. The van der Waals surface area contributed by atoms with Gasteiger partial charge in [0.2, 0.25) is 0 Å². The second-order valence-corrected chi connectivity index (χ2v) is 5.82. The standard InChI is InChI=1S/C16H13BrN3O2/c17-10-1-2-11-12(7-10)14-8-20-15(21)6-9(14)5-13(11)16(22)19-4-3-18/h1-2,5-8H,3-4,18H2,(H,19,22). The second-order valence-electron chi connectivity index (χ2n) is 4.90. The van der Waals surface area contributed by atoms with Crippen molar-refractivity contribution in [3.8, 4) is 0 Å². The molecule has 0 unspecified atom stereocenters. The van der Waals surface area contributed by atoms with Crippen LogP contribution in [0, 0.1) is 0 Å². The molecule has 0 fully saturated rings. The second kappa shape index (κ2) is 5.90. The van der Waals surface area contributed by atoms with Gasteiger partial charge in [-0.15, -0.1) is 0 Å². The highest BCUT2D eigenvalue weighted by atomic mass is 79.9. The van der Waals surface area contributed by atoms with Crippen molar-refractivity contribution in [1.82, 2.24) is 10.6 Å². The van der Waals surface area contributed by atoms with Gasteiger partial charge in [-0.1, -0.05) is 22.0 Å². The van der Waals surface area contributed by atoms with Crippen LogP contribution in [0.2, 0.25) is 0 Å². The van der Waals surface area contributed by atoms with Crippen LogP contribution in [0.1, 0.15) is 10.4 Å². The first-order chi connectivity index (χ1) is 10.6. The molecule has 0 saturated heterocycles. The third-order valence-electron chi connectivity index (χ3n) is 3.45. The van der Waals surface area contributed by atoms with Crippen LogP contribution in [0.3, 0.4) is 0 Å². The molecular weight excluding hydrogens is 346 g/mol. The lowest BCUT2D eigenvalue weighted by Crippen LogP contribution is -2.36. The van der Waals surface area contributed by atoms with Crippen LogP contribution in [0.25, 0.3) is 23.0 Å². The van der Waals surface area contributed by atoms with E-state index in [1.54, 1.807) is 12.3 Å². The molecule has 1 heterocycles. The van der Waals surface area contributed by atoms with Crippen LogP contribution in [-0.4, -0.2) is 24.9 Å². The van der Waals surface area contributed by atoms with E-state index in [1.165, 1.54) is 6.08 Å². The van der Waals surface area contributed by atoms with Crippen molar-refractivity contribution in [3.05, 3.63) is 44.7 Å². The minimum Gasteiger partial charge on any atom is -0.351 e. The highest BCUT2D eigenvalue weighted by Gasteiger charge is 2.14. The molecule has 2 aromatic carbocycles.